The Morgan fingerprint density at radius 3 is 2.76 bits per heavy atom. The Labute approximate surface area is 143 Å². The van der Waals surface area contributed by atoms with Gasteiger partial charge in [-0.15, -0.1) is 0 Å². The number of nitrogens with one attached hydrogen (secondary N) is 1. The fourth-order valence-corrected chi connectivity index (χ4v) is 3.00. The number of benzene rings is 1. The summed E-state index contributed by atoms with van der Waals surface area (Å²) in [5.74, 6) is -2.37. The van der Waals surface area contributed by atoms with Gasteiger partial charge in [-0.05, 0) is 49.6 Å². The fourth-order valence-electron chi connectivity index (χ4n) is 3.00. The maximum Gasteiger partial charge on any atom is 0.290 e. The Hall–Kier alpha value is -2.70. The van der Waals surface area contributed by atoms with E-state index in [-0.39, 0.29) is 17.6 Å². The second-order valence-corrected chi connectivity index (χ2v) is 6.04. The average molecular weight is 348 g/mol. The standard InChI is InChI=1S/C18H18F2N2O3/c1-11(12-6-7-13(19)14(20)10-12)21-17(23)15-4-2-8-22(15)18(24)16-5-3-9-25-16/h3,5-7,9-11,15H,2,4,8H2,1H3,(H,21,23)/t11-,15+/m0/s1. The van der Waals surface area contributed by atoms with Crippen LogP contribution in [0, 0.1) is 11.6 Å². The summed E-state index contributed by atoms with van der Waals surface area (Å²) in [6, 6.07) is 5.55. The highest BCUT2D eigenvalue weighted by atomic mass is 19.2. The van der Waals surface area contributed by atoms with Gasteiger partial charge in [-0.1, -0.05) is 6.07 Å². The van der Waals surface area contributed by atoms with Gasteiger partial charge < -0.3 is 14.6 Å². The maximum absolute atomic E-state index is 13.4. The molecule has 1 fully saturated rings. The molecule has 2 atom stereocenters. The Morgan fingerprint density at radius 1 is 1.28 bits per heavy atom. The van der Waals surface area contributed by atoms with Crippen molar-refractivity contribution in [1.29, 1.82) is 0 Å². The van der Waals surface area contributed by atoms with Crippen molar-refractivity contribution in [3.8, 4) is 0 Å². The Morgan fingerprint density at radius 2 is 2.08 bits per heavy atom. The van der Waals surface area contributed by atoms with Gasteiger partial charge in [-0.2, -0.15) is 0 Å². The number of amides is 2. The van der Waals surface area contributed by atoms with Crippen LogP contribution in [-0.4, -0.2) is 29.3 Å². The highest BCUT2D eigenvalue weighted by Gasteiger charge is 2.36. The molecule has 1 N–H and O–H groups in total. The lowest BCUT2D eigenvalue weighted by molar-refractivity contribution is -0.125. The fraction of sp³-hybridized carbons (Fsp3) is 0.333. The molecule has 0 spiro atoms. The largest absolute Gasteiger partial charge is 0.459 e. The highest BCUT2D eigenvalue weighted by molar-refractivity contribution is 5.96. The van der Waals surface area contributed by atoms with Crippen LogP contribution in [0.1, 0.15) is 41.9 Å². The lowest BCUT2D eigenvalue weighted by atomic mass is 10.1. The van der Waals surface area contributed by atoms with E-state index in [0.717, 1.165) is 12.1 Å². The molecule has 3 rings (SSSR count). The molecule has 2 aromatic rings. The molecule has 0 saturated carbocycles. The summed E-state index contributed by atoms with van der Waals surface area (Å²) in [5.41, 5.74) is 0.453. The molecule has 0 aliphatic carbocycles. The van der Waals surface area contributed by atoms with E-state index in [0.29, 0.717) is 24.9 Å². The molecule has 2 amide bonds. The van der Waals surface area contributed by atoms with Crippen LogP contribution in [0.3, 0.4) is 0 Å². The van der Waals surface area contributed by atoms with Crippen LogP contribution in [0.25, 0.3) is 0 Å². The molecule has 0 unspecified atom stereocenters. The molecule has 25 heavy (non-hydrogen) atoms. The quantitative estimate of drug-likeness (QED) is 0.924. The minimum atomic E-state index is -0.964. The van der Waals surface area contributed by atoms with Gasteiger partial charge in [-0.25, -0.2) is 8.78 Å². The molecule has 1 aliphatic rings. The second-order valence-electron chi connectivity index (χ2n) is 6.04. The Kier molecular flexibility index (Phi) is 4.83. The van der Waals surface area contributed by atoms with Gasteiger partial charge in [-0.3, -0.25) is 9.59 Å². The van der Waals surface area contributed by atoms with Gasteiger partial charge in [0, 0.05) is 6.54 Å². The van der Waals surface area contributed by atoms with E-state index in [1.807, 2.05) is 0 Å². The first-order valence-electron chi connectivity index (χ1n) is 8.07. The summed E-state index contributed by atoms with van der Waals surface area (Å²) in [6.07, 6.45) is 2.66. The van der Waals surface area contributed by atoms with Crippen LogP contribution in [0.2, 0.25) is 0 Å². The van der Waals surface area contributed by atoms with E-state index in [9.17, 15) is 18.4 Å². The number of furan rings is 1. The van der Waals surface area contributed by atoms with Gasteiger partial charge >= 0.3 is 0 Å². The highest BCUT2D eigenvalue weighted by Crippen LogP contribution is 2.22. The van der Waals surface area contributed by atoms with Crippen molar-refractivity contribution in [2.45, 2.75) is 31.8 Å². The van der Waals surface area contributed by atoms with E-state index < -0.39 is 23.7 Å². The van der Waals surface area contributed by atoms with Crippen LogP contribution >= 0.6 is 0 Å². The molecule has 132 valence electrons. The van der Waals surface area contributed by atoms with Crippen molar-refractivity contribution < 1.29 is 22.8 Å². The molecular formula is C18H18F2N2O3. The number of likely N-dealkylation sites (tertiary alicyclic amines) is 1. The van der Waals surface area contributed by atoms with Gasteiger partial charge in [0.2, 0.25) is 5.91 Å². The normalized spacial score (nSPS) is 18.2. The molecule has 1 aliphatic heterocycles. The van der Waals surface area contributed by atoms with E-state index in [1.165, 1.54) is 17.2 Å². The monoisotopic (exact) mass is 348 g/mol. The zero-order valence-electron chi connectivity index (χ0n) is 13.7. The number of hydrogen-bond donors (Lipinski definition) is 1. The van der Waals surface area contributed by atoms with Crippen molar-refractivity contribution in [3.63, 3.8) is 0 Å². The minimum Gasteiger partial charge on any atom is -0.459 e. The number of halogens is 2. The smallest absolute Gasteiger partial charge is 0.290 e. The summed E-state index contributed by atoms with van der Waals surface area (Å²) in [6.45, 7) is 2.15. The molecule has 7 heteroatoms. The Balaban J connectivity index is 1.69. The first kappa shape index (κ1) is 17.1. The van der Waals surface area contributed by atoms with Crippen molar-refractivity contribution in [1.82, 2.24) is 10.2 Å². The van der Waals surface area contributed by atoms with E-state index in [1.54, 1.807) is 19.1 Å². The topological polar surface area (TPSA) is 62.6 Å². The molecule has 0 bridgehead atoms. The van der Waals surface area contributed by atoms with Crippen LogP contribution < -0.4 is 5.32 Å². The minimum absolute atomic E-state index is 0.188. The van der Waals surface area contributed by atoms with Gasteiger partial charge in [0.1, 0.15) is 6.04 Å². The summed E-state index contributed by atoms with van der Waals surface area (Å²) >= 11 is 0. The third kappa shape index (κ3) is 3.55. The SMILES string of the molecule is C[C@H](NC(=O)[C@H]1CCCN1C(=O)c1ccco1)c1ccc(F)c(F)c1. The van der Waals surface area contributed by atoms with E-state index >= 15 is 0 Å². The predicted octanol–water partition coefficient (Wildman–Crippen LogP) is 3.04. The predicted molar refractivity (Wildman–Crippen MR) is 85.7 cm³/mol. The van der Waals surface area contributed by atoms with Gasteiger partial charge in [0.05, 0.1) is 12.3 Å². The average Bonchev–Trinajstić information content (AvgIpc) is 3.28. The number of carbonyl (C=O) groups excluding carboxylic acids is 2. The lowest BCUT2D eigenvalue weighted by Gasteiger charge is -2.25. The zero-order valence-corrected chi connectivity index (χ0v) is 13.7. The number of nitrogens with zero attached hydrogens (tertiary/aromatic N) is 1. The first-order chi connectivity index (χ1) is 12.0. The van der Waals surface area contributed by atoms with Crippen LogP contribution in [0.15, 0.2) is 41.0 Å². The van der Waals surface area contributed by atoms with E-state index in [4.69, 9.17) is 4.42 Å². The first-order valence-corrected chi connectivity index (χ1v) is 8.07. The van der Waals surface area contributed by atoms with Crippen LogP contribution in [0.4, 0.5) is 8.78 Å². The zero-order chi connectivity index (χ0) is 18.0. The molecule has 1 aromatic heterocycles. The second kappa shape index (κ2) is 7.04. The number of carbonyl (C=O) groups is 2. The van der Waals surface area contributed by atoms with Crippen molar-refractivity contribution in [2.24, 2.45) is 0 Å². The summed E-state index contributed by atoms with van der Waals surface area (Å²) in [7, 11) is 0. The third-order valence-electron chi connectivity index (χ3n) is 4.35. The molecule has 5 nitrogen and oxygen atoms in total. The lowest BCUT2D eigenvalue weighted by Crippen LogP contribution is -2.46. The van der Waals surface area contributed by atoms with Gasteiger partial charge in [0.25, 0.3) is 5.91 Å². The van der Waals surface area contributed by atoms with Crippen LogP contribution in [0.5, 0.6) is 0 Å². The van der Waals surface area contributed by atoms with Crippen molar-refractivity contribution in [3.05, 3.63) is 59.6 Å². The molecule has 0 radical (unpaired) electrons. The maximum atomic E-state index is 13.4. The number of hydrogen-bond acceptors (Lipinski definition) is 3. The summed E-state index contributed by atoms with van der Waals surface area (Å²) in [5, 5.41) is 2.76. The molecule has 1 saturated heterocycles. The van der Waals surface area contributed by atoms with E-state index in [2.05, 4.69) is 5.32 Å². The van der Waals surface area contributed by atoms with Crippen molar-refractivity contribution in [2.75, 3.05) is 6.54 Å². The molecular weight excluding hydrogens is 330 g/mol. The molecule has 2 heterocycles. The summed E-state index contributed by atoms with van der Waals surface area (Å²) in [4.78, 5) is 26.5. The number of rotatable bonds is 4. The van der Waals surface area contributed by atoms with Gasteiger partial charge in [0.15, 0.2) is 17.4 Å². The van der Waals surface area contributed by atoms with Crippen molar-refractivity contribution >= 4 is 11.8 Å². The van der Waals surface area contributed by atoms with Crippen LogP contribution in [-0.2, 0) is 4.79 Å². The third-order valence-corrected chi connectivity index (χ3v) is 4.35. The molecule has 1 aromatic carbocycles. The summed E-state index contributed by atoms with van der Waals surface area (Å²) < 4.78 is 31.5. The Bertz CT molecular complexity index is 777.